The quantitative estimate of drug-likeness (QED) is 0.732. The Labute approximate surface area is 119 Å². The smallest absolute Gasteiger partial charge is 0.161 e. The van der Waals surface area contributed by atoms with Crippen molar-refractivity contribution < 1.29 is 19.7 Å². The Morgan fingerprint density at radius 3 is 2.70 bits per heavy atom. The molecule has 0 saturated carbocycles. The molecule has 3 N–H and O–H groups in total. The van der Waals surface area contributed by atoms with Gasteiger partial charge < -0.3 is 25.0 Å². The minimum Gasteiger partial charge on any atom is -0.490 e. The van der Waals surface area contributed by atoms with Crippen LogP contribution in [0.4, 0.5) is 0 Å². The molecule has 0 saturated heterocycles. The lowest BCUT2D eigenvalue weighted by atomic mass is 10.1. The van der Waals surface area contributed by atoms with Crippen LogP contribution >= 0.6 is 0 Å². The van der Waals surface area contributed by atoms with Crippen LogP contribution in [0.15, 0.2) is 18.2 Å². The molecule has 0 amide bonds. The zero-order valence-corrected chi connectivity index (χ0v) is 11.8. The van der Waals surface area contributed by atoms with Gasteiger partial charge in [0.1, 0.15) is 0 Å². The Hall–Kier alpha value is -1.30. The van der Waals surface area contributed by atoms with E-state index in [0.29, 0.717) is 25.5 Å². The van der Waals surface area contributed by atoms with Gasteiger partial charge in [-0.2, -0.15) is 0 Å². The molecule has 0 fully saturated rings. The van der Waals surface area contributed by atoms with Crippen LogP contribution in [0, 0.1) is 0 Å². The fraction of sp³-hybridized carbons (Fsp3) is 0.600. The molecule has 0 aromatic heterocycles. The Kier molecular flexibility index (Phi) is 5.64. The Morgan fingerprint density at radius 2 is 2.00 bits per heavy atom. The first-order chi connectivity index (χ1) is 9.74. The lowest BCUT2D eigenvalue weighted by Crippen LogP contribution is -2.34. The summed E-state index contributed by atoms with van der Waals surface area (Å²) in [5.41, 5.74) is 0.787. The number of benzene rings is 1. The van der Waals surface area contributed by atoms with Crippen LogP contribution in [0.5, 0.6) is 11.5 Å². The Balaban J connectivity index is 1.99. The summed E-state index contributed by atoms with van der Waals surface area (Å²) in [5.74, 6) is 1.42. The van der Waals surface area contributed by atoms with E-state index in [1.165, 1.54) is 0 Å². The maximum Gasteiger partial charge on any atom is 0.161 e. The summed E-state index contributed by atoms with van der Waals surface area (Å²) in [6, 6.07) is 5.53. The third-order valence-electron chi connectivity index (χ3n) is 3.47. The van der Waals surface area contributed by atoms with Crippen molar-refractivity contribution in [2.45, 2.75) is 31.9 Å². The van der Waals surface area contributed by atoms with Gasteiger partial charge in [0.05, 0.1) is 25.9 Å². The Bertz CT molecular complexity index is 420. The Morgan fingerprint density at radius 1 is 1.25 bits per heavy atom. The van der Waals surface area contributed by atoms with Crippen LogP contribution in [0.2, 0.25) is 0 Å². The van der Waals surface area contributed by atoms with Gasteiger partial charge in [0.2, 0.25) is 0 Å². The normalized spacial score (nSPS) is 17.4. The van der Waals surface area contributed by atoms with Crippen LogP contribution in [-0.4, -0.2) is 42.6 Å². The monoisotopic (exact) mass is 281 g/mol. The summed E-state index contributed by atoms with van der Waals surface area (Å²) in [6.07, 6.45) is 1.06. The number of nitrogens with one attached hydrogen (secondary N) is 1. The van der Waals surface area contributed by atoms with Gasteiger partial charge >= 0.3 is 0 Å². The average molecular weight is 281 g/mol. The molecule has 1 heterocycles. The largest absolute Gasteiger partial charge is 0.490 e. The first-order valence-corrected chi connectivity index (χ1v) is 7.16. The summed E-state index contributed by atoms with van der Waals surface area (Å²) >= 11 is 0. The molecule has 1 aliphatic heterocycles. The third kappa shape index (κ3) is 3.85. The van der Waals surface area contributed by atoms with E-state index in [1.54, 1.807) is 0 Å². The van der Waals surface area contributed by atoms with Crippen LogP contribution in [0.25, 0.3) is 0 Å². The second-order valence-electron chi connectivity index (χ2n) is 4.97. The molecule has 0 bridgehead atoms. The van der Waals surface area contributed by atoms with Crippen molar-refractivity contribution in [3.05, 3.63) is 23.8 Å². The standard InChI is InChI=1S/C15H23NO4/c1-2-12(10-17)16-9-13(18)11-4-5-14-15(8-11)20-7-3-6-19-14/h4-5,8,12-13,16-18H,2-3,6-7,9-10H2,1H3. The fourth-order valence-electron chi connectivity index (χ4n) is 2.12. The second kappa shape index (κ2) is 7.47. The number of aliphatic hydroxyl groups excluding tert-OH is 2. The predicted molar refractivity (Wildman–Crippen MR) is 76.2 cm³/mol. The molecule has 2 unspecified atom stereocenters. The maximum absolute atomic E-state index is 10.2. The van der Waals surface area contributed by atoms with Gasteiger partial charge in [-0.25, -0.2) is 0 Å². The highest BCUT2D eigenvalue weighted by Gasteiger charge is 2.15. The molecule has 20 heavy (non-hydrogen) atoms. The number of rotatable bonds is 6. The van der Waals surface area contributed by atoms with Crippen LogP contribution in [0.3, 0.4) is 0 Å². The molecule has 1 aromatic rings. The van der Waals surface area contributed by atoms with E-state index < -0.39 is 6.10 Å². The number of hydrogen-bond donors (Lipinski definition) is 3. The average Bonchev–Trinajstić information content (AvgIpc) is 2.72. The zero-order chi connectivity index (χ0) is 14.4. The molecule has 5 nitrogen and oxygen atoms in total. The first kappa shape index (κ1) is 15.1. The van der Waals surface area contributed by atoms with Crippen molar-refractivity contribution >= 4 is 0 Å². The minimum atomic E-state index is -0.632. The van der Waals surface area contributed by atoms with Crippen LogP contribution in [0.1, 0.15) is 31.4 Å². The molecule has 1 aromatic carbocycles. The van der Waals surface area contributed by atoms with Gasteiger partial charge in [0, 0.05) is 19.0 Å². The highest BCUT2D eigenvalue weighted by atomic mass is 16.5. The lowest BCUT2D eigenvalue weighted by molar-refractivity contribution is 0.157. The number of aliphatic hydroxyl groups is 2. The highest BCUT2D eigenvalue weighted by Crippen LogP contribution is 2.32. The van der Waals surface area contributed by atoms with Crippen molar-refractivity contribution in [2.24, 2.45) is 0 Å². The van der Waals surface area contributed by atoms with Crippen LogP contribution < -0.4 is 14.8 Å². The van der Waals surface area contributed by atoms with Crippen molar-refractivity contribution in [1.82, 2.24) is 5.32 Å². The van der Waals surface area contributed by atoms with E-state index in [9.17, 15) is 5.11 Å². The van der Waals surface area contributed by atoms with E-state index in [1.807, 2.05) is 25.1 Å². The van der Waals surface area contributed by atoms with Gasteiger partial charge in [-0.05, 0) is 24.1 Å². The van der Waals surface area contributed by atoms with Gasteiger partial charge in [-0.3, -0.25) is 0 Å². The topological polar surface area (TPSA) is 71.0 Å². The van der Waals surface area contributed by atoms with Gasteiger partial charge in [0.15, 0.2) is 11.5 Å². The molecular weight excluding hydrogens is 258 g/mol. The van der Waals surface area contributed by atoms with Crippen molar-refractivity contribution in [1.29, 1.82) is 0 Å². The lowest BCUT2D eigenvalue weighted by Gasteiger charge is -2.18. The van der Waals surface area contributed by atoms with Crippen molar-refractivity contribution in [3.63, 3.8) is 0 Å². The fourth-order valence-corrected chi connectivity index (χ4v) is 2.12. The van der Waals surface area contributed by atoms with Gasteiger partial charge in [-0.15, -0.1) is 0 Å². The van der Waals surface area contributed by atoms with E-state index in [4.69, 9.17) is 14.6 Å². The first-order valence-electron chi connectivity index (χ1n) is 7.16. The maximum atomic E-state index is 10.2. The summed E-state index contributed by atoms with van der Waals surface area (Å²) in [7, 11) is 0. The molecule has 5 heteroatoms. The summed E-state index contributed by atoms with van der Waals surface area (Å²) in [4.78, 5) is 0. The van der Waals surface area contributed by atoms with Crippen LogP contribution in [-0.2, 0) is 0 Å². The number of fused-ring (bicyclic) bond motifs is 1. The van der Waals surface area contributed by atoms with E-state index >= 15 is 0 Å². The molecule has 0 spiro atoms. The summed E-state index contributed by atoms with van der Waals surface area (Å²) in [5, 5.41) is 22.4. The molecular formula is C15H23NO4. The number of hydrogen-bond acceptors (Lipinski definition) is 5. The van der Waals surface area contributed by atoms with E-state index in [-0.39, 0.29) is 12.6 Å². The molecule has 2 atom stereocenters. The SMILES string of the molecule is CCC(CO)NCC(O)c1ccc2c(c1)OCCCO2. The zero-order valence-electron chi connectivity index (χ0n) is 11.8. The van der Waals surface area contributed by atoms with Gasteiger partial charge in [0.25, 0.3) is 0 Å². The molecule has 1 aliphatic rings. The van der Waals surface area contributed by atoms with E-state index in [0.717, 1.165) is 24.2 Å². The van der Waals surface area contributed by atoms with Gasteiger partial charge in [-0.1, -0.05) is 13.0 Å². The third-order valence-corrected chi connectivity index (χ3v) is 3.47. The minimum absolute atomic E-state index is 0.0186. The van der Waals surface area contributed by atoms with Crippen molar-refractivity contribution in [3.8, 4) is 11.5 Å². The van der Waals surface area contributed by atoms with Crippen molar-refractivity contribution in [2.75, 3.05) is 26.4 Å². The molecule has 2 rings (SSSR count). The number of ether oxygens (including phenoxy) is 2. The molecule has 0 aliphatic carbocycles. The summed E-state index contributed by atoms with van der Waals surface area (Å²) in [6.45, 7) is 3.76. The predicted octanol–water partition coefficient (Wildman–Crippen LogP) is 1.24. The molecule has 112 valence electrons. The molecule has 0 radical (unpaired) electrons. The highest BCUT2D eigenvalue weighted by molar-refractivity contribution is 5.44. The van der Waals surface area contributed by atoms with E-state index in [2.05, 4.69) is 5.32 Å². The summed E-state index contributed by atoms with van der Waals surface area (Å²) < 4.78 is 11.2. The second-order valence-corrected chi connectivity index (χ2v) is 4.97.